The van der Waals surface area contributed by atoms with Crippen LogP contribution in [0.3, 0.4) is 0 Å². The Labute approximate surface area is 216 Å². The molecular formula is C25H23BrN2O4S2. The molecule has 1 fully saturated rings. The second-order valence-electron chi connectivity index (χ2n) is 8.49. The Bertz CT molecular complexity index is 1320. The predicted octanol–water partition coefficient (Wildman–Crippen LogP) is 6.07. The molecule has 0 unspecified atom stereocenters. The quantitative estimate of drug-likeness (QED) is 0.259. The highest BCUT2D eigenvalue weighted by Crippen LogP contribution is 2.36. The van der Waals surface area contributed by atoms with Gasteiger partial charge in [-0.1, -0.05) is 53.8 Å². The molecular weight excluding hydrogens is 536 g/mol. The molecule has 9 heteroatoms. The Hall–Kier alpha value is -2.49. The minimum Gasteiger partial charge on any atom is -0.492 e. The lowest BCUT2D eigenvalue weighted by atomic mass is 10.1. The molecule has 3 heterocycles. The molecule has 5 rings (SSSR count). The van der Waals surface area contributed by atoms with Gasteiger partial charge in [0, 0.05) is 39.7 Å². The number of halogens is 1. The number of hydrogen-bond donors (Lipinski definition) is 0. The lowest BCUT2D eigenvalue weighted by Crippen LogP contribution is -2.31. The van der Waals surface area contributed by atoms with Crippen LogP contribution < -0.4 is 14.2 Å². The van der Waals surface area contributed by atoms with Gasteiger partial charge in [0.25, 0.3) is 5.91 Å². The molecule has 2 aromatic carbocycles. The molecule has 1 saturated heterocycles. The van der Waals surface area contributed by atoms with Crippen molar-refractivity contribution >= 4 is 67.1 Å². The summed E-state index contributed by atoms with van der Waals surface area (Å²) in [6.07, 6.45) is 4.01. The van der Waals surface area contributed by atoms with E-state index in [1.165, 1.54) is 11.8 Å². The molecule has 176 valence electrons. The lowest BCUT2D eigenvalue weighted by molar-refractivity contribution is -0.122. The van der Waals surface area contributed by atoms with Crippen molar-refractivity contribution in [1.82, 2.24) is 9.47 Å². The number of hydrogen-bond acceptors (Lipinski definition) is 6. The molecule has 0 atom stereocenters. The van der Waals surface area contributed by atoms with Crippen LogP contribution in [0.25, 0.3) is 17.0 Å². The van der Waals surface area contributed by atoms with Gasteiger partial charge < -0.3 is 18.8 Å². The highest BCUT2D eigenvalue weighted by molar-refractivity contribution is 9.10. The van der Waals surface area contributed by atoms with Gasteiger partial charge in [0.1, 0.15) is 16.7 Å². The van der Waals surface area contributed by atoms with Crippen molar-refractivity contribution in [1.29, 1.82) is 0 Å². The van der Waals surface area contributed by atoms with E-state index in [2.05, 4.69) is 52.7 Å². The molecule has 0 aliphatic carbocycles. The second kappa shape index (κ2) is 9.64. The Morgan fingerprint density at radius 2 is 2.03 bits per heavy atom. The van der Waals surface area contributed by atoms with Gasteiger partial charge in [0.15, 0.2) is 11.5 Å². The van der Waals surface area contributed by atoms with Crippen molar-refractivity contribution in [3.63, 3.8) is 0 Å². The summed E-state index contributed by atoms with van der Waals surface area (Å²) in [7, 11) is 0. The van der Waals surface area contributed by atoms with E-state index in [0.29, 0.717) is 40.6 Å². The number of carbonyl (C=O) groups is 1. The first-order valence-corrected chi connectivity index (χ1v) is 13.0. The first-order valence-electron chi connectivity index (χ1n) is 11.0. The summed E-state index contributed by atoms with van der Waals surface area (Å²) in [4.78, 5) is 15.3. The molecule has 0 radical (unpaired) electrons. The lowest BCUT2D eigenvalue weighted by Gasteiger charge is -2.16. The van der Waals surface area contributed by atoms with E-state index >= 15 is 0 Å². The Balaban J connectivity index is 1.37. The normalized spacial score (nSPS) is 16.5. The van der Waals surface area contributed by atoms with E-state index < -0.39 is 0 Å². The molecule has 0 spiro atoms. The maximum atomic E-state index is 13.0. The van der Waals surface area contributed by atoms with Crippen LogP contribution in [0.15, 0.2) is 52.0 Å². The number of rotatable bonds is 7. The fourth-order valence-electron chi connectivity index (χ4n) is 3.99. The van der Waals surface area contributed by atoms with Gasteiger partial charge in [0.05, 0.1) is 11.4 Å². The maximum absolute atomic E-state index is 13.0. The topological polar surface area (TPSA) is 52.9 Å². The molecule has 1 aromatic heterocycles. The van der Waals surface area contributed by atoms with Crippen LogP contribution in [-0.2, 0) is 11.3 Å². The van der Waals surface area contributed by atoms with E-state index in [1.54, 1.807) is 4.90 Å². The Kier molecular flexibility index (Phi) is 6.59. The zero-order valence-corrected chi connectivity index (χ0v) is 22.0. The highest BCUT2D eigenvalue weighted by Gasteiger charge is 2.32. The molecule has 0 bridgehead atoms. The van der Waals surface area contributed by atoms with Crippen molar-refractivity contribution in [3.05, 3.63) is 57.5 Å². The van der Waals surface area contributed by atoms with Crippen LogP contribution >= 0.6 is 39.9 Å². The molecule has 2 aliphatic rings. The molecule has 2 aliphatic heterocycles. The van der Waals surface area contributed by atoms with Crippen LogP contribution in [-0.4, -0.2) is 39.6 Å². The van der Waals surface area contributed by atoms with Gasteiger partial charge in [-0.15, -0.1) is 0 Å². The van der Waals surface area contributed by atoms with Gasteiger partial charge in [-0.3, -0.25) is 9.69 Å². The number of carbonyl (C=O) groups excluding carboxylic acids is 1. The molecule has 0 saturated carbocycles. The van der Waals surface area contributed by atoms with E-state index in [-0.39, 0.29) is 12.7 Å². The number of thioether (sulfide) groups is 1. The summed E-state index contributed by atoms with van der Waals surface area (Å²) < 4.78 is 20.5. The molecule has 1 amide bonds. The van der Waals surface area contributed by atoms with Gasteiger partial charge in [-0.25, -0.2) is 0 Å². The monoisotopic (exact) mass is 558 g/mol. The van der Waals surface area contributed by atoms with Crippen LogP contribution in [0, 0.1) is 5.92 Å². The number of fused-ring (bicyclic) bond motifs is 2. The zero-order chi connectivity index (χ0) is 23.8. The summed E-state index contributed by atoms with van der Waals surface area (Å²) in [5.41, 5.74) is 2.05. The van der Waals surface area contributed by atoms with Crippen molar-refractivity contribution in [2.75, 3.05) is 19.9 Å². The summed E-state index contributed by atoms with van der Waals surface area (Å²) >= 11 is 10.4. The predicted molar refractivity (Wildman–Crippen MR) is 142 cm³/mol. The summed E-state index contributed by atoms with van der Waals surface area (Å²) in [6, 6.07) is 11.7. The number of ether oxygens (including phenoxy) is 3. The van der Waals surface area contributed by atoms with Crippen LogP contribution in [0.2, 0.25) is 0 Å². The average Bonchev–Trinajstić information content (AvgIpc) is 3.47. The Morgan fingerprint density at radius 3 is 2.85 bits per heavy atom. The number of nitrogens with zero attached hydrogens (tertiary/aromatic N) is 2. The third kappa shape index (κ3) is 4.69. The van der Waals surface area contributed by atoms with Gasteiger partial charge >= 0.3 is 0 Å². The van der Waals surface area contributed by atoms with Gasteiger partial charge in [-0.05, 0) is 42.3 Å². The van der Waals surface area contributed by atoms with E-state index in [4.69, 9.17) is 26.4 Å². The van der Waals surface area contributed by atoms with Crippen LogP contribution in [0.5, 0.6) is 17.2 Å². The third-order valence-electron chi connectivity index (χ3n) is 5.53. The zero-order valence-electron chi connectivity index (χ0n) is 18.7. The van der Waals surface area contributed by atoms with Gasteiger partial charge in [0.2, 0.25) is 6.79 Å². The fraction of sp³-hybridized carbons (Fsp3) is 0.280. The minimum atomic E-state index is -0.0225. The first kappa shape index (κ1) is 23.3. The van der Waals surface area contributed by atoms with Crippen molar-refractivity contribution < 1.29 is 19.0 Å². The summed E-state index contributed by atoms with van der Waals surface area (Å²) in [5, 5.41) is 1.06. The molecule has 0 N–H and O–H groups in total. The third-order valence-corrected chi connectivity index (χ3v) is 7.40. The average molecular weight is 560 g/mol. The molecule has 6 nitrogen and oxygen atoms in total. The van der Waals surface area contributed by atoms with Gasteiger partial charge in [-0.2, -0.15) is 0 Å². The standard InChI is InChI=1S/C25H23BrN2O4S2/c1-15(2)12-28-24(29)23(34-25(28)33)9-16-13-27(20-5-3-17(26)10-19(16)20)7-8-30-18-4-6-21-22(11-18)32-14-31-21/h3-6,9-11,13,15H,7-8,12,14H2,1-2H3/b23-9-. The van der Waals surface area contributed by atoms with Crippen LogP contribution in [0.4, 0.5) is 0 Å². The number of aromatic nitrogens is 1. The first-order chi connectivity index (χ1) is 16.4. The van der Waals surface area contributed by atoms with Crippen molar-refractivity contribution in [2.24, 2.45) is 5.92 Å². The SMILES string of the molecule is CC(C)CN1C(=O)/C(=C/c2cn(CCOc3ccc4c(c3)OCO4)c3ccc(Br)cc23)SC1=S. The Morgan fingerprint density at radius 1 is 1.21 bits per heavy atom. The van der Waals surface area contributed by atoms with E-state index in [0.717, 1.165) is 32.4 Å². The molecule has 34 heavy (non-hydrogen) atoms. The minimum absolute atomic E-state index is 0.0225. The summed E-state index contributed by atoms with van der Waals surface area (Å²) in [6.45, 7) is 6.16. The molecule has 3 aromatic rings. The number of amides is 1. The number of thiocarbonyl (C=S) groups is 1. The van der Waals surface area contributed by atoms with E-state index in [1.807, 2.05) is 30.3 Å². The second-order valence-corrected chi connectivity index (χ2v) is 11.1. The summed E-state index contributed by atoms with van der Waals surface area (Å²) in [5.74, 6) is 2.50. The highest BCUT2D eigenvalue weighted by atomic mass is 79.9. The fourth-order valence-corrected chi connectivity index (χ4v) is 5.62. The van der Waals surface area contributed by atoms with Crippen LogP contribution in [0.1, 0.15) is 19.4 Å². The van der Waals surface area contributed by atoms with E-state index in [9.17, 15) is 4.79 Å². The smallest absolute Gasteiger partial charge is 0.266 e. The largest absolute Gasteiger partial charge is 0.492 e. The van der Waals surface area contributed by atoms with Crippen molar-refractivity contribution in [2.45, 2.75) is 20.4 Å². The maximum Gasteiger partial charge on any atom is 0.266 e. The number of benzene rings is 2. The van der Waals surface area contributed by atoms with Crippen molar-refractivity contribution in [3.8, 4) is 17.2 Å².